The topological polar surface area (TPSA) is 65.5 Å². The number of amides is 1. The lowest BCUT2D eigenvalue weighted by molar-refractivity contribution is 0.0767. The molecule has 0 radical (unpaired) electrons. The van der Waals surface area contributed by atoms with Crippen LogP contribution in [0.3, 0.4) is 0 Å². The van der Waals surface area contributed by atoms with Crippen molar-refractivity contribution >= 4 is 11.7 Å². The van der Waals surface area contributed by atoms with Crippen molar-refractivity contribution in [1.82, 2.24) is 9.88 Å². The third kappa shape index (κ3) is 3.20. The zero-order valence-corrected chi connectivity index (χ0v) is 9.60. The van der Waals surface area contributed by atoms with Crippen molar-refractivity contribution < 1.29 is 9.90 Å². The fraction of sp³-hybridized carbons (Fsp3) is 0.455. The van der Waals surface area contributed by atoms with E-state index in [1.807, 2.05) is 6.92 Å². The second-order valence-electron chi connectivity index (χ2n) is 3.41. The molecule has 1 rings (SSSR count). The van der Waals surface area contributed by atoms with Gasteiger partial charge in [0, 0.05) is 31.9 Å². The Morgan fingerprint density at radius 2 is 2.38 bits per heavy atom. The van der Waals surface area contributed by atoms with E-state index in [9.17, 15) is 4.79 Å². The van der Waals surface area contributed by atoms with Crippen LogP contribution in [0.2, 0.25) is 0 Å². The Bertz CT molecular complexity index is 355. The second kappa shape index (κ2) is 6.07. The smallest absolute Gasteiger partial charge is 0.253 e. The van der Waals surface area contributed by atoms with E-state index in [0.717, 1.165) is 6.54 Å². The lowest BCUT2D eigenvalue weighted by Gasteiger charge is -2.15. The highest BCUT2D eigenvalue weighted by molar-refractivity contribution is 5.94. The predicted molar refractivity (Wildman–Crippen MR) is 62.4 cm³/mol. The van der Waals surface area contributed by atoms with Crippen molar-refractivity contribution in [3.05, 3.63) is 23.9 Å². The number of pyridine rings is 1. The van der Waals surface area contributed by atoms with Gasteiger partial charge in [-0.1, -0.05) is 0 Å². The SMILES string of the molecule is CCNc1cc(C(=O)N(C)CCO)ccn1. The largest absolute Gasteiger partial charge is 0.395 e. The molecule has 0 saturated heterocycles. The van der Waals surface area contributed by atoms with Crippen LogP contribution in [0.15, 0.2) is 18.3 Å². The first-order chi connectivity index (χ1) is 7.69. The molecule has 0 unspecified atom stereocenters. The summed E-state index contributed by atoms with van der Waals surface area (Å²) in [4.78, 5) is 17.4. The van der Waals surface area contributed by atoms with Crippen molar-refractivity contribution in [1.29, 1.82) is 0 Å². The van der Waals surface area contributed by atoms with Crippen molar-refractivity contribution in [2.75, 3.05) is 32.1 Å². The summed E-state index contributed by atoms with van der Waals surface area (Å²) in [7, 11) is 1.66. The highest BCUT2D eigenvalue weighted by Crippen LogP contribution is 2.08. The van der Waals surface area contributed by atoms with Crippen molar-refractivity contribution in [2.45, 2.75) is 6.92 Å². The summed E-state index contributed by atoms with van der Waals surface area (Å²) in [6.07, 6.45) is 1.60. The predicted octanol–water partition coefficient (Wildman–Crippen LogP) is 0.578. The van der Waals surface area contributed by atoms with Crippen molar-refractivity contribution in [2.24, 2.45) is 0 Å². The van der Waals surface area contributed by atoms with E-state index in [1.165, 1.54) is 4.90 Å². The molecule has 0 bridgehead atoms. The fourth-order valence-corrected chi connectivity index (χ4v) is 1.31. The van der Waals surface area contributed by atoms with Crippen LogP contribution in [-0.2, 0) is 0 Å². The second-order valence-corrected chi connectivity index (χ2v) is 3.41. The molecular formula is C11H17N3O2. The highest BCUT2D eigenvalue weighted by atomic mass is 16.3. The zero-order valence-electron chi connectivity index (χ0n) is 9.60. The molecule has 0 aromatic carbocycles. The number of aromatic nitrogens is 1. The monoisotopic (exact) mass is 223 g/mol. The molecule has 0 saturated carbocycles. The first kappa shape index (κ1) is 12.4. The van der Waals surface area contributed by atoms with Gasteiger partial charge >= 0.3 is 0 Å². The maximum atomic E-state index is 11.9. The van der Waals surface area contributed by atoms with E-state index in [-0.39, 0.29) is 12.5 Å². The van der Waals surface area contributed by atoms with Gasteiger partial charge in [-0.25, -0.2) is 4.98 Å². The van der Waals surface area contributed by atoms with Gasteiger partial charge in [-0.2, -0.15) is 0 Å². The van der Waals surface area contributed by atoms with E-state index < -0.39 is 0 Å². The summed E-state index contributed by atoms with van der Waals surface area (Å²) in [5.74, 6) is 0.571. The number of anilines is 1. The van der Waals surface area contributed by atoms with Gasteiger partial charge in [0.05, 0.1) is 6.61 Å². The number of aliphatic hydroxyl groups is 1. The minimum atomic E-state index is -0.115. The molecule has 1 heterocycles. The molecule has 2 N–H and O–H groups in total. The molecule has 0 aliphatic rings. The summed E-state index contributed by atoms with van der Waals surface area (Å²) in [5, 5.41) is 11.8. The third-order valence-electron chi connectivity index (χ3n) is 2.15. The average Bonchev–Trinajstić information content (AvgIpc) is 2.29. The number of aliphatic hydroxyl groups excluding tert-OH is 1. The van der Waals surface area contributed by atoms with E-state index in [1.54, 1.807) is 25.4 Å². The first-order valence-electron chi connectivity index (χ1n) is 5.25. The number of carbonyl (C=O) groups is 1. The number of rotatable bonds is 5. The molecule has 5 heteroatoms. The van der Waals surface area contributed by atoms with Gasteiger partial charge in [0.2, 0.25) is 0 Å². The van der Waals surface area contributed by atoms with Gasteiger partial charge < -0.3 is 15.3 Å². The molecule has 1 aromatic rings. The van der Waals surface area contributed by atoms with Crippen molar-refractivity contribution in [3.63, 3.8) is 0 Å². The van der Waals surface area contributed by atoms with Gasteiger partial charge in [0.25, 0.3) is 5.91 Å². The lowest BCUT2D eigenvalue weighted by Crippen LogP contribution is -2.29. The number of nitrogens with one attached hydrogen (secondary N) is 1. The molecule has 0 fully saturated rings. The van der Waals surface area contributed by atoms with Gasteiger partial charge in [-0.3, -0.25) is 4.79 Å². The van der Waals surface area contributed by atoms with E-state index >= 15 is 0 Å². The summed E-state index contributed by atoms with van der Waals surface area (Å²) in [6.45, 7) is 3.02. The molecule has 0 aliphatic carbocycles. The molecule has 5 nitrogen and oxygen atoms in total. The molecule has 1 amide bonds. The van der Waals surface area contributed by atoms with Crippen molar-refractivity contribution in [3.8, 4) is 0 Å². The normalized spacial score (nSPS) is 9.94. The Morgan fingerprint density at radius 1 is 1.62 bits per heavy atom. The minimum absolute atomic E-state index is 0.0343. The Hall–Kier alpha value is -1.62. The summed E-state index contributed by atoms with van der Waals surface area (Å²) >= 11 is 0. The van der Waals surface area contributed by atoms with Gasteiger partial charge in [0.15, 0.2) is 0 Å². The number of hydrogen-bond donors (Lipinski definition) is 2. The Labute approximate surface area is 95.1 Å². The Morgan fingerprint density at radius 3 is 3.00 bits per heavy atom. The Balaban J connectivity index is 2.78. The number of hydrogen-bond acceptors (Lipinski definition) is 4. The van der Waals surface area contributed by atoms with Gasteiger partial charge in [-0.05, 0) is 19.1 Å². The van der Waals surface area contributed by atoms with Crippen LogP contribution in [0.4, 0.5) is 5.82 Å². The van der Waals surface area contributed by atoms with Crippen LogP contribution in [0.25, 0.3) is 0 Å². The summed E-state index contributed by atoms with van der Waals surface area (Å²) < 4.78 is 0. The molecule has 88 valence electrons. The molecule has 16 heavy (non-hydrogen) atoms. The van der Waals surface area contributed by atoms with E-state index in [2.05, 4.69) is 10.3 Å². The third-order valence-corrected chi connectivity index (χ3v) is 2.15. The standard InChI is InChI=1S/C11H17N3O2/c1-3-12-10-8-9(4-5-13-10)11(16)14(2)6-7-15/h4-5,8,15H,3,6-7H2,1-2H3,(H,12,13). The molecule has 0 aliphatic heterocycles. The number of likely N-dealkylation sites (N-methyl/N-ethyl adjacent to an activating group) is 1. The van der Waals surface area contributed by atoms with Crippen LogP contribution in [0.5, 0.6) is 0 Å². The molecule has 0 atom stereocenters. The summed E-state index contributed by atoms with van der Waals surface area (Å²) in [5.41, 5.74) is 0.571. The van der Waals surface area contributed by atoms with Gasteiger partial charge in [0.1, 0.15) is 5.82 Å². The van der Waals surface area contributed by atoms with Gasteiger partial charge in [-0.15, -0.1) is 0 Å². The maximum Gasteiger partial charge on any atom is 0.253 e. The maximum absolute atomic E-state index is 11.9. The zero-order chi connectivity index (χ0) is 12.0. The summed E-state index contributed by atoms with van der Waals surface area (Å²) in [6, 6.07) is 3.37. The van der Waals surface area contributed by atoms with Crippen LogP contribution < -0.4 is 5.32 Å². The highest BCUT2D eigenvalue weighted by Gasteiger charge is 2.11. The fourth-order valence-electron chi connectivity index (χ4n) is 1.31. The van der Waals surface area contributed by atoms with Crippen LogP contribution in [-0.4, -0.2) is 47.6 Å². The van der Waals surface area contributed by atoms with E-state index in [0.29, 0.717) is 17.9 Å². The first-order valence-corrected chi connectivity index (χ1v) is 5.25. The van der Waals surface area contributed by atoms with Crippen LogP contribution >= 0.6 is 0 Å². The lowest BCUT2D eigenvalue weighted by atomic mass is 10.2. The van der Waals surface area contributed by atoms with Crippen LogP contribution in [0, 0.1) is 0 Å². The average molecular weight is 223 g/mol. The Kier molecular flexibility index (Phi) is 4.72. The quantitative estimate of drug-likeness (QED) is 0.766. The molecule has 1 aromatic heterocycles. The number of carbonyl (C=O) groups excluding carboxylic acids is 1. The van der Waals surface area contributed by atoms with Crippen LogP contribution in [0.1, 0.15) is 17.3 Å². The molecule has 0 spiro atoms. The number of nitrogens with zero attached hydrogens (tertiary/aromatic N) is 2. The molecular weight excluding hydrogens is 206 g/mol. The minimum Gasteiger partial charge on any atom is -0.395 e. The van der Waals surface area contributed by atoms with E-state index in [4.69, 9.17) is 5.11 Å².